The van der Waals surface area contributed by atoms with Gasteiger partial charge in [0.1, 0.15) is 6.61 Å². The molecule has 0 aromatic carbocycles. The Morgan fingerprint density at radius 1 is 0.864 bits per heavy atom. The summed E-state index contributed by atoms with van der Waals surface area (Å²) in [7, 11) is 1.88. The van der Waals surface area contributed by atoms with Crippen molar-refractivity contribution in [2.45, 2.75) is 0 Å². The molecule has 0 radical (unpaired) electrons. The van der Waals surface area contributed by atoms with Gasteiger partial charge in [0.05, 0.1) is 0 Å². The van der Waals surface area contributed by atoms with Crippen LogP contribution in [0.1, 0.15) is 0 Å². The Bertz CT molecular complexity index is 519. The van der Waals surface area contributed by atoms with Crippen molar-refractivity contribution in [2.75, 3.05) is 43.1 Å². The fraction of sp³-hybridized carbons (Fsp3) is 0.312. The number of anilines is 2. The molecule has 0 aliphatic rings. The normalized spacial score (nSPS) is 9.68. The number of ether oxygens (including phenoxy) is 1. The molecule has 0 aliphatic heterocycles. The van der Waals surface area contributed by atoms with E-state index in [9.17, 15) is 0 Å². The molecule has 0 saturated carbocycles. The molecule has 0 spiro atoms. The quantitative estimate of drug-likeness (QED) is 0.584. The van der Waals surface area contributed by atoms with Gasteiger partial charge in [0.25, 0.3) is 0 Å². The third-order valence-electron chi connectivity index (χ3n) is 2.65. The van der Waals surface area contributed by atoms with E-state index in [1.807, 2.05) is 16.8 Å². The van der Waals surface area contributed by atoms with Crippen LogP contribution in [-0.4, -0.2) is 48.2 Å². The van der Waals surface area contributed by atoms with Gasteiger partial charge in [0.2, 0.25) is 11.9 Å². The number of hydrogen-bond donors (Lipinski definition) is 0. The second kappa shape index (κ2) is 9.33. The van der Waals surface area contributed by atoms with E-state index in [2.05, 4.69) is 41.3 Å². The van der Waals surface area contributed by atoms with E-state index in [0.717, 1.165) is 0 Å². The third-order valence-corrected chi connectivity index (χ3v) is 2.65. The lowest BCUT2D eigenvalue weighted by molar-refractivity contribution is 0.332. The summed E-state index contributed by atoms with van der Waals surface area (Å²) in [5.41, 5.74) is 0. The largest absolute Gasteiger partial charge is 0.459 e. The minimum absolute atomic E-state index is 0.258. The summed E-state index contributed by atoms with van der Waals surface area (Å²) in [6, 6.07) is 0.258. The first-order valence-electron chi connectivity index (χ1n) is 6.94. The summed E-state index contributed by atoms with van der Waals surface area (Å²) in [6.07, 6.45) is 6.98. The Balaban J connectivity index is 3.18. The Morgan fingerprint density at radius 2 is 1.45 bits per heavy atom. The molecule has 0 fully saturated rings. The lowest BCUT2D eigenvalue weighted by atomic mass is 10.4. The van der Waals surface area contributed by atoms with E-state index >= 15 is 0 Å². The van der Waals surface area contributed by atoms with Crippen LogP contribution in [0, 0.1) is 0 Å². The summed E-state index contributed by atoms with van der Waals surface area (Å²) in [4.78, 5) is 16.9. The van der Waals surface area contributed by atoms with Crippen molar-refractivity contribution in [1.82, 2.24) is 15.0 Å². The minimum Gasteiger partial charge on any atom is -0.459 e. The zero-order valence-electron chi connectivity index (χ0n) is 13.1. The van der Waals surface area contributed by atoms with Crippen molar-refractivity contribution in [3.8, 4) is 6.01 Å². The van der Waals surface area contributed by atoms with E-state index in [1.165, 1.54) is 0 Å². The predicted molar refractivity (Wildman–Crippen MR) is 91.6 cm³/mol. The van der Waals surface area contributed by atoms with Gasteiger partial charge < -0.3 is 14.5 Å². The average Bonchev–Trinajstić information content (AvgIpc) is 2.52. The highest BCUT2D eigenvalue weighted by atomic mass is 16.5. The highest BCUT2D eigenvalue weighted by molar-refractivity contribution is 5.41. The van der Waals surface area contributed by atoms with Gasteiger partial charge >= 0.3 is 6.01 Å². The molecule has 1 aromatic rings. The minimum atomic E-state index is 0.258. The van der Waals surface area contributed by atoms with Crippen LogP contribution >= 0.6 is 0 Å². The first-order chi connectivity index (χ1) is 10.7. The van der Waals surface area contributed by atoms with Gasteiger partial charge in [-0.15, -0.1) is 19.7 Å². The first kappa shape index (κ1) is 17.4. The highest BCUT2D eigenvalue weighted by Gasteiger charge is 2.14. The Kier molecular flexibility index (Phi) is 7.39. The summed E-state index contributed by atoms with van der Waals surface area (Å²) in [5, 5.41) is 0. The van der Waals surface area contributed by atoms with Crippen LogP contribution in [0.5, 0.6) is 6.01 Å². The van der Waals surface area contributed by atoms with Crippen molar-refractivity contribution in [3.63, 3.8) is 0 Å². The number of likely N-dealkylation sites (N-methyl/N-ethyl adjacent to an activating group) is 1. The summed E-state index contributed by atoms with van der Waals surface area (Å²) >= 11 is 0. The Morgan fingerprint density at radius 3 is 2.00 bits per heavy atom. The fourth-order valence-electron chi connectivity index (χ4n) is 1.67. The van der Waals surface area contributed by atoms with Crippen molar-refractivity contribution in [3.05, 3.63) is 50.6 Å². The van der Waals surface area contributed by atoms with E-state index in [-0.39, 0.29) is 6.01 Å². The van der Waals surface area contributed by atoms with Gasteiger partial charge in [-0.3, -0.25) is 0 Å². The number of hydrogen-bond acceptors (Lipinski definition) is 6. The third kappa shape index (κ3) is 5.05. The second-order valence-electron chi connectivity index (χ2n) is 4.47. The monoisotopic (exact) mass is 301 g/mol. The molecule has 118 valence electrons. The average molecular weight is 301 g/mol. The number of aromatic nitrogens is 3. The predicted octanol–water partition coefficient (Wildman–Crippen LogP) is 2.24. The van der Waals surface area contributed by atoms with Crippen molar-refractivity contribution < 1.29 is 4.74 Å². The standard InChI is InChI=1S/C16H23N5O/c1-6-10-20(5)14-17-15(21(11-7-2)12-8-3)19-16(18-14)22-13-9-4/h6-9H,1-4,10-13H2,5H3. The van der Waals surface area contributed by atoms with Gasteiger partial charge in [-0.25, -0.2) is 0 Å². The van der Waals surface area contributed by atoms with Crippen LogP contribution in [0.2, 0.25) is 0 Å². The molecule has 6 nitrogen and oxygen atoms in total. The van der Waals surface area contributed by atoms with Gasteiger partial charge in [0, 0.05) is 26.7 Å². The summed E-state index contributed by atoms with van der Waals surface area (Å²) in [5.74, 6) is 1.03. The number of rotatable bonds is 11. The second-order valence-corrected chi connectivity index (χ2v) is 4.47. The molecule has 0 unspecified atom stereocenters. The van der Waals surface area contributed by atoms with E-state index < -0.39 is 0 Å². The highest BCUT2D eigenvalue weighted by Crippen LogP contribution is 2.17. The smallest absolute Gasteiger partial charge is 0.323 e. The maximum atomic E-state index is 5.46. The summed E-state index contributed by atoms with van der Waals surface area (Å²) in [6.45, 7) is 17.0. The van der Waals surface area contributed by atoms with Crippen LogP contribution in [-0.2, 0) is 0 Å². The van der Waals surface area contributed by atoms with E-state index in [1.54, 1.807) is 24.3 Å². The molecule has 1 aromatic heterocycles. The lowest BCUT2D eigenvalue weighted by Gasteiger charge is -2.22. The molecule has 1 rings (SSSR count). The summed E-state index contributed by atoms with van der Waals surface area (Å²) < 4.78 is 5.46. The van der Waals surface area contributed by atoms with Crippen molar-refractivity contribution in [1.29, 1.82) is 0 Å². The topological polar surface area (TPSA) is 54.4 Å². The van der Waals surface area contributed by atoms with Crippen LogP contribution in [0.3, 0.4) is 0 Å². The van der Waals surface area contributed by atoms with Crippen molar-refractivity contribution in [2.24, 2.45) is 0 Å². The molecule has 0 atom stereocenters. The van der Waals surface area contributed by atoms with Gasteiger partial charge in [-0.1, -0.05) is 30.9 Å². The molecule has 1 heterocycles. The van der Waals surface area contributed by atoms with E-state index in [4.69, 9.17) is 4.74 Å². The number of nitrogens with zero attached hydrogens (tertiary/aromatic N) is 5. The molecule has 0 saturated heterocycles. The SMILES string of the molecule is C=CCOc1nc(N(C)CC=C)nc(N(CC=C)CC=C)n1. The molecule has 0 amide bonds. The fourth-order valence-corrected chi connectivity index (χ4v) is 1.67. The zero-order valence-corrected chi connectivity index (χ0v) is 13.1. The Labute approximate surface area is 132 Å². The van der Waals surface area contributed by atoms with Crippen molar-refractivity contribution >= 4 is 11.9 Å². The van der Waals surface area contributed by atoms with Gasteiger partial charge in [-0.05, 0) is 0 Å². The lowest BCUT2D eigenvalue weighted by Crippen LogP contribution is -2.28. The van der Waals surface area contributed by atoms with Crippen LogP contribution in [0.25, 0.3) is 0 Å². The maximum Gasteiger partial charge on any atom is 0.323 e. The Hall–Kier alpha value is -2.63. The molecule has 0 bridgehead atoms. The van der Waals surface area contributed by atoms with Gasteiger partial charge in [0.15, 0.2) is 0 Å². The molecule has 22 heavy (non-hydrogen) atoms. The van der Waals surface area contributed by atoms with Crippen LogP contribution < -0.4 is 14.5 Å². The molecule has 6 heteroatoms. The van der Waals surface area contributed by atoms with E-state index in [0.29, 0.717) is 38.1 Å². The zero-order chi connectivity index (χ0) is 16.4. The molecule has 0 aliphatic carbocycles. The first-order valence-corrected chi connectivity index (χ1v) is 6.94. The molecule has 0 N–H and O–H groups in total. The maximum absolute atomic E-state index is 5.46. The van der Waals surface area contributed by atoms with Crippen LogP contribution in [0.15, 0.2) is 50.6 Å². The van der Waals surface area contributed by atoms with Gasteiger partial charge in [-0.2, -0.15) is 15.0 Å². The van der Waals surface area contributed by atoms with Crippen LogP contribution in [0.4, 0.5) is 11.9 Å². The molecular weight excluding hydrogens is 278 g/mol. The molecular formula is C16H23N5O.